The lowest BCUT2D eigenvalue weighted by molar-refractivity contribution is 0.442. The average molecular weight is 341 g/mol. The summed E-state index contributed by atoms with van der Waals surface area (Å²) >= 11 is -2.60. The first kappa shape index (κ1) is 15.9. The van der Waals surface area contributed by atoms with Crippen molar-refractivity contribution in [2.24, 2.45) is 0 Å². The van der Waals surface area contributed by atoms with E-state index in [0.717, 1.165) is 15.9 Å². The van der Waals surface area contributed by atoms with Gasteiger partial charge in [0.25, 0.3) is 0 Å². The fourth-order valence-electron chi connectivity index (χ4n) is 2.37. The first-order chi connectivity index (χ1) is 11.3. The Bertz CT molecular complexity index is 754. The van der Waals surface area contributed by atoms with Crippen LogP contribution >= 0.6 is 7.92 Å². The largest absolute Gasteiger partial charge is 0.740 e. The fourth-order valence-corrected chi connectivity index (χ4v) is 5.09. The van der Waals surface area contributed by atoms with Crippen LogP contribution in [-0.4, -0.2) is 8.76 Å². The molecule has 1 unspecified atom stereocenters. The van der Waals surface area contributed by atoms with Crippen molar-refractivity contribution in [3.05, 3.63) is 84.9 Å². The maximum Gasteiger partial charge on any atom is 0.147 e. The van der Waals surface area contributed by atoms with Crippen molar-refractivity contribution in [1.82, 2.24) is 0 Å². The molecule has 0 saturated heterocycles. The third kappa shape index (κ3) is 3.85. The second-order valence-corrected chi connectivity index (χ2v) is 7.52. The Morgan fingerprint density at radius 1 is 0.739 bits per heavy atom. The van der Waals surface area contributed by atoms with Gasteiger partial charge in [0.15, 0.2) is 0 Å². The van der Waals surface area contributed by atoms with Gasteiger partial charge >= 0.3 is 0 Å². The van der Waals surface area contributed by atoms with Crippen molar-refractivity contribution in [2.75, 3.05) is 0 Å². The Labute approximate surface area is 139 Å². The minimum atomic E-state index is -2.60. The van der Waals surface area contributed by atoms with Crippen LogP contribution in [0.3, 0.4) is 0 Å². The van der Waals surface area contributed by atoms with Gasteiger partial charge in [-0.25, -0.2) is 4.21 Å². The molecule has 0 fully saturated rings. The van der Waals surface area contributed by atoms with Crippen molar-refractivity contribution in [3.63, 3.8) is 0 Å². The van der Waals surface area contributed by atoms with Crippen LogP contribution in [0.25, 0.3) is 0 Å². The summed E-state index contributed by atoms with van der Waals surface area (Å²) < 4.78 is 27.0. The molecule has 0 aliphatic carbocycles. The van der Waals surface area contributed by atoms with E-state index in [1.807, 2.05) is 48.5 Å². The van der Waals surface area contributed by atoms with Gasteiger partial charge in [-0.3, -0.25) is 0 Å². The van der Waals surface area contributed by atoms with Crippen LogP contribution in [0.4, 0.5) is 0 Å². The maximum atomic E-state index is 11.0. The Balaban J connectivity index is 2.15. The lowest BCUT2D eigenvalue weighted by Crippen LogP contribution is -2.22. The molecule has 0 heterocycles. The summed E-state index contributed by atoms with van der Waals surface area (Å²) in [7, 11) is -0.896. The van der Waals surface area contributed by atoms with Gasteiger partial charge in [-0.2, -0.15) is 0 Å². The third-order valence-electron chi connectivity index (χ3n) is 3.29. The maximum absolute atomic E-state index is 11.0. The summed E-state index contributed by atoms with van der Waals surface area (Å²) in [6.07, 6.45) is 0. The molecule has 0 saturated carbocycles. The summed E-state index contributed by atoms with van der Waals surface area (Å²) in [5, 5.41) is 3.16. The highest BCUT2D eigenvalue weighted by atomic mass is 32.2. The molecule has 0 aromatic heterocycles. The molecule has 0 bridgehead atoms. The predicted molar refractivity (Wildman–Crippen MR) is 94.7 cm³/mol. The average Bonchev–Trinajstić information content (AvgIpc) is 2.58. The Morgan fingerprint density at radius 2 is 1.22 bits per heavy atom. The van der Waals surface area contributed by atoms with E-state index in [4.69, 9.17) is 4.18 Å². The standard InChI is InChI=1S/C18H15O3PS/c19-23(20)21-17-13-7-8-14-18(17)22(15-9-3-1-4-10-15)16-11-5-2-6-12-16/h1-14H,(H,19,20)/p-1. The fraction of sp³-hybridized carbons (Fsp3) is 0. The van der Waals surface area contributed by atoms with Gasteiger partial charge < -0.3 is 8.74 Å². The zero-order valence-corrected chi connectivity index (χ0v) is 13.9. The summed E-state index contributed by atoms with van der Waals surface area (Å²) in [5.74, 6) is 0.375. The van der Waals surface area contributed by atoms with Gasteiger partial charge in [0, 0.05) is 5.30 Å². The van der Waals surface area contributed by atoms with Crippen molar-refractivity contribution in [1.29, 1.82) is 0 Å². The summed E-state index contributed by atoms with van der Waals surface area (Å²) in [5.41, 5.74) is 0. The molecule has 3 aromatic rings. The van der Waals surface area contributed by atoms with E-state index >= 15 is 0 Å². The molecule has 0 amide bonds. The van der Waals surface area contributed by atoms with Crippen LogP contribution in [0, 0.1) is 0 Å². The van der Waals surface area contributed by atoms with Crippen molar-refractivity contribution in [3.8, 4) is 5.75 Å². The van der Waals surface area contributed by atoms with Crippen molar-refractivity contribution in [2.45, 2.75) is 0 Å². The van der Waals surface area contributed by atoms with E-state index < -0.39 is 19.3 Å². The lowest BCUT2D eigenvalue weighted by atomic mass is 10.3. The minimum Gasteiger partial charge on any atom is -0.740 e. The highest BCUT2D eigenvalue weighted by molar-refractivity contribution is 7.80. The second kappa shape index (κ2) is 7.51. The number of hydrogen-bond acceptors (Lipinski definition) is 3. The minimum absolute atomic E-state index is 0.375. The van der Waals surface area contributed by atoms with E-state index in [1.165, 1.54) is 0 Å². The van der Waals surface area contributed by atoms with Crippen LogP contribution in [-0.2, 0) is 11.4 Å². The molecule has 0 aliphatic rings. The third-order valence-corrected chi connectivity index (χ3v) is 6.09. The van der Waals surface area contributed by atoms with Crippen molar-refractivity contribution < 1.29 is 12.9 Å². The number of hydrogen-bond donors (Lipinski definition) is 0. The van der Waals surface area contributed by atoms with Crippen LogP contribution in [0.1, 0.15) is 0 Å². The molecule has 0 N–H and O–H groups in total. The molecule has 5 heteroatoms. The van der Waals surface area contributed by atoms with Crippen LogP contribution in [0.2, 0.25) is 0 Å². The molecule has 0 aliphatic heterocycles. The van der Waals surface area contributed by atoms with Gasteiger partial charge in [0.1, 0.15) is 17.1 Å². The molecule has 3 rings (SSSR count). The SMILES string of the molecule is O=S([O-])Oc1ccccc1P(c1ccccc1)c1ccccc1. The van der Waals surface area contributed by atoms with E-state index in [0.29, 0.717) is 5.75 Å². The first-order valence-electron chi connectivity index (χ1n) is 7.02. The van der Waals surface area contributed by atoms with Gasteiger partial charge in [0.2, 0.25) is 0 Å². The topological polar surface area (TPSA) is 49.4 Å². The molecule has 1 atom stereocenters. The molecular weight excluding hydrogens is 327 g/mol. The van der Waals surface area contributed by atoms with Gasteiger partial charge in [-0.15, -0.1) is 0 Å². The zero-order chi connectivity index (χ0) is 16.1. The highest BCUT2D eigenvalue weighted by Gasteiger charge is 2.20. The lowest BCUT2D eigenvalue weighted by Gasteiger charge is -2.22. The Morgan fingerprint density at radius 3 is 1.74 bits per heavy atom. The Hall–Kier alpha value is -2.00. The Kier molecular flexibility index (Phi) is 5.19. The number of benzene rings is 3. The second-order valence-electron chi connectivity index (χ2n) is 4.76. The number of rotatable bonds is 5. The van der Waals surface area contributed by atoms with Gasteiger partial charge in [-0.05, 0) is 24.6 Å². The molecule has 116 valence electrons. The van der Waals surface area contributed by atoms with E-state index in [1.54, 1.807) is 12.1 Å². The summed E-state index contributed by atoms with van der Waals surface area (Å²) in [6, 6.07) is 27.4. The van der Waals surface area contributed by atoms with E-state index in [-0.39, 0.29) is 0 Å². The first-order valence-corrected chi connectivity index (χ1v) is 9.37. The summed E-state index contributed by atoms with van der Waals surface area (Å²) in [4.78, 5) is 0. The zero-order valence-electron chi connectivity index (χ0n) is 12.2. The quantitative estimate of drug-likeness (QED) is 0.529. The molecular formula is C18H14O3PS-. The molecule has 3 nitrogen and oxygen atoms in total. The molecule has 3 aromatic carbocycles. The molecule has 0 radical (unpaired) electrons. The van der Waals surface area contributed by atoms with E-state index in [9.17, 15) is 8.76 Å². The summed E-state index contributed by atoms with van der Waals surface area (Å²) in [6.45, 7) is 0. The van der Waals surface area contributed by atoms with Crippen LogP contribution in [0.15, 0.2) is 84.9 Å². The van der Waals surface area contributed by atoms with Crippen LogP contribution in [0.5, 0.6) is 5.75 Å². The molecule has 23 heavy (non-hydrogen) atoms. The van der Waals surface area contributed by atoms with Gasteiger partial charge in [0.05, 0.1) is 0 Å². The van der Waals surface area contributed by atoms with Crippen molar-refractivity contribution >= 4 is 35.2 Å². The monoisotopic (exact) mass is 341 g/mol. The van der Waals surface area contributed by atoms with E-state index in [2.05, 4.69) is 24.3 Å². The number of para-hydroxylation sites is 1. The smallest absolute Gasteiger partial charge is 0.147 e. The predicted octanol–water partition coefficient (Wildman–Crippen LogP) is 2.62. The van der Waals surface area contributed by atoms with Gasteiger partial charge in [-0.1, -0.05) is 78.9 Å². The van der Waals surface area contributed by atoms with Crippen LogP contribution < -0.4 is 20.1 Å². The molecule has 0 spiro atoms. The highest BCUT2D eigenvalue weighted by Crippen LogP contribution is 2.36. The normalized spacial score (nSPS) is 12.1.